The standard InChI is InChI=1S/C21H27N5O2/c1-6-28-21(27)17-12-23-26(18-9-7-8-15(2)16(18)3)19(17)13-24(4)14-20-22-10-11-25(20)5/h7-12H,6,13-14H2,1-5H3. The Hall–Kier alpha value is -2.93. The molecule has 0 aliphatic heterocycles. The molecule has 1 aromatic carbocycles. The highest BCUT2D eigenvalue weighted by Crippen LogP contribution is 2.22. The van der Waals surface area contributed by atoms with E-state index in [2.05, 4.69) is 34.9 Å². The fourth-order valence-corrected chi connectivity index (χ4v) is 3.18. The van der Waals surface area contributed by atoms with E-state index in [1.54, 1.807) is 19.3 Å². The van der Waals surface area contributed by atoms with Crippen LogP contribution < -0.4 is 0 Å². The maximum Gasteiger partial charge on any atom is 0.341 e. The van der Waals surface area contributed by atoms with Gasteiger partial charge in [-0.25, -0.2) is 14.5 Å². The van der Waals surface area contributed by atoms with Crippen LogP contribution in [0.15, 0.2) is 36.8 Å². The fraction of sp³-hybridized carbons (Fsp3) is 0.381. The summed E-state index contributed by atoms with van der Waals surface area (Å²) in [5, 5.41) is 4.53. The van der Waals surface area contributed by atoms with Gasteiger partial charge in [-0.3, -0.25) is 4.90 Å². The summed E-state index contributed by atoms with van der Waals surface area (Å²) in [7, 11) is 3.98. The summed E-state index contributed by atoms with van der Waals surface area (Å²) in [6.07, 6.45) is 5.31. The Morgan fingerprint density at radius 2 is 2.04 bits per heavy atom. The molecule has 0 N–H and O–H groups in total. The molecule has 2 aromatic heterocycles. The average molecular weight is 381 g/mol. The molecule has 2 heterocycles. The number of hydrogen-bond acceptors (Lipinski definition) is 5. The van der Waals surface area contributed by atoms with E-state index in [0.717, 1.165) is 22.8 Å². The van der Waals surface area contributed by atoms with Crippen LogP contribution in [0.3, 0.4) is 0 Å². The molecule has 0 aliphatic rings. The monoisotopic (exact) mass is 381 g/mol. The van der Waals surface area contributed by atoms with E-state index in [4.69, 9.17) is 4.74 Å². The third-order valence-electron chi connectivity index (χ3n) is 4.92. The van der Waals surface area contributed by atoms with Crippen molar-refractivity contribution in [1.82, 2.24) is 24.2 Å². The van der Waals surface area contributed by atoms with Gasteiger partial charge in [0, 0.05) is 26.0 Å². The molecule has 0 atom stereocenters. The summed E-state index contributed by atoms with van der Waals surface area (Å²) in [4.78, 5) is 19.0. The lowest BCUT2D eigenvalue weighted by Gasteiger charge is -2.19. The Morgan fingerprint density at radius 3 is 2.71 bits per heavy atom. The fourth-order valence-electron chi connectivity index (χ4n) is 3.18. The van der Waals surface area contributed by atoms with E-state index in [1.807, 2.05) is 41.7 Å². The molecule has 0 aliphatic carbocycles. The van der Waals surface area contributed by atoms with E-state index in [-0.39, 0.29) is 5.97 Å². The van der Waals surface area contributed by atoms with Gasteiger partial charge in [0.2, 0.25) is 0 Å². The molecule has 0 bridgehead atoms. The molecular formula is C21H27N5O2. The van der Waals surface area contributed by atoms with Gasteiger partial charge in [-0.1, -0.05) is 12.1 Å². The van der Waals surface area contributed by atoms with E-state index in [0.29, 0.717) is 25.3 Å². The number of nitrogens with zero attached hydrogens (tertiary/aromatic N) is 5. The predicted molar refractivity (Wildman–Crippen MR) is 107 cm³/mol. The second kappa shape index (κ2) is 8.39. The highest BCUT2D eigenvalue weighted by molar-refractivity contribution is 5.90. The summed E-state index contributed by atoms with van der Waals surface area (Å²) < 4.78 is 9.09. The molecule has 0 unspecified atom stereocenters. The van der Waals surface area contributed by atoms with Gasteiger partial charge < -0.3 is 9.30 Å². The zero-order chi connectivity index (χ0) is 20.3. The number of esters is 1. The highest BCUT2D eigenvalue weighted by atomic mass is 16.5. The Kier molecular flexibility index (Phi) is 5.94. The Labute approximate surface area is 165 Å². The number of hydrogen-bond donors (Lipinski definition) is 0. The number of carbonyl (C=O) groups excluding carboxylic acids is 1. The number of aromatic nitrogens is 4. The Bertz CT molecular complexity index is 973. The number of ether oxygens (including phenoxy) is 1. The SMILES string of the molecule is CCOC(=O)c1cnn(-c2cccc(C)c2C)c1CN(C)Cc1nccn1C. The van der Waals surface area contributed by atoms with Crippen molar-refractivity contribution in [2.24, 2.45) is 7.05 Å². The van der Waals surface area contributed by atoms with Gasteiger partial charge in [0.05, 0.1) is 30.7 Å². The van der Waals surface area contributed by atoms with Crippen LogP contribution in [0.1, 0.15) is 39.9 Å². The molecule has 0 fully saturated rings. The molecule has 28 heavy (non-hydrogen) atoms. The minimum absolute atomic E-state index is 0.329. The quantitative estimate of drug-likeness (QED) is 0.589. The Morgan fingerprint density at radius 1 is 1.25 bits per heavy atom. The van der Waals surface area contributed by atoms with E-state index >= 15 is 0 Å². The molecule has 0 radical (unpaired) electrons. The van der Waals surface area contributed by atoms with Crippen LogP contribution in [0.25, 0.3) is 5.69 Å². The number of benzene rings is 1. The van der Waals surface area contributed by atoms with E-state index in [1.165, 1.54) is 5.56 Å². The lowest BCUT2D eigenvalue weighted by Crippen LogP contribution is -2.23. The van der Waals surface area contributed by atoms with E-state index < -0.39 is 0 Å². The second-order valence-electron chi connectivity index (χ2n) is 6.98. The number of rotatable bonds is 7. The third-order valence-corrected chi connectivity index (χ3v) is 4.92. The van der Waals surface area contributed by atoms with Crippen LogP contribution in [-0.2, 0) is 24.9 Å². The van der Waals surface area contributed by atoms with Gasteiger partial charge in [-0.2, -0.15) is 5.10 Å². The van der Waals surface area contributed by atoms with Crippen LogP contribution in [0.4, 0.5) is 0 Å². The lowest BCUT2D eigenvalue weighted by atomic mass is 10.1. The molecule has 0 saturated carbocycles. The molecule has 148 valence electrons. The van der Waals surface area contributed by atoms with Crippen molar-refractivity contribution in [3.63, 3.8) is 0 Å². The van der Waals surface area contributed by atoms with Crippen molar-refractivity contribution in [2.45, 2.75) is 33.9 Å². The second-order valence-corrected chi connectivity index (χ2v) is 6.98. The molecule has 0 spiro atoms. The summed E-state index contributed by atoms with van der Waals surface area (Å²) in [5.74, 6) is 0.609. The molecule has 3 aromatic rings. The first kappa shape index (κ1) is 19.8. The van der Waals surface area contributed by atoms with Crippen molar-refractivity contribution >= 4 is 5.97 Å². The zero-order valence-corrected chi connectivity index (χ0v) is 17.1. The lowest BCUT2D eigenvalue weighted by molar-refractivity contribution is 0.0524. The molecular weight excluding hydrogens is 354 g/mol. The topological polar surface area (TPSA) is 65.2 Å². The van der Waals surface area contributed by atoms with E-state index in [9.17, 15) is 4.79 Å². The third kappa shape index (κ3) is 3.99. The van der Waals surface area contributed by atoms with Crippen LogP contribution in [0.2, 0.25) is 0 Å². The molecule has 0 saturated heterocycles. The average Bonchev–Trinajstić information content (AvgIpc) is 3.24. The first-order valence-corrected chi connectivity index (χ1v) is 9.37. The van der Waals surface area contributed by atoms with Crippen molar-refractivity contribution in [1.29, 1.82) is 0 Å². The number of aryl methyl sites for hydroxylation is 2. The van der Waals surface area contributed by atoms with Crippen LogP contribution in [-0.4, -0.2) is 43.9 Å². The maximum atomic E-state index is 12.5. The summed E-state index contributed by atoms with van der Waals surface area (Å²) in [5.41, 5.74) is 4.58. The van der Waals surface area contributed by atoms with Gasteiger partial charge >= 0.3 is 5.97 Å². The van der Waals surface area contributed by atoms with Crippen molar-refractivity contribution in [3.8, 4) is 5.69 Å². The van der Waals surface area contributed by atoms with Crippen LogP contribution in [0.5, 0.6) is 0 Å². The summed E-state index contributed by atoms with van der Waals surface area (Å²) >= 11 is 0. The van der Waals surface area contributed by atoms with Crippen molar-refractivity contribution < 1.29 is 9.53 Å². The van der Waals surface area contributed by atoms with Gasteiger partial charge in [0.1, 0.15) is 11.4 Å². The van der Waals surface area contributed by atoms with Crippen LogP contribution >= 0.6 is 0 Å². The maximum absolute atomic E-state index is 12.5. The van der Waals surface area contributed by atoms with Crippen LogP contribution in [0, 0.1) is 13.8 Å². The van der Waals surface area contributed by atoms with Crippen molar-refractivity contribution in [2.75, 3.05) is 13.7 Å². The zero-order valence-electron chi connectivity index (χ0n) is 17.1. The first-order chi connectivity index (χ1) is 13.4. The van der Waals surface area contributed by atoms with Gasteiger partial charge in [-0.05, 0) is 45.0 Å². The molecule has 3 rings (SSSR count). The number of carbonyl (C=O) groups is 1. The summed E-state index contributed by atoms with van der Waals surface area (Å²) in [6.45, 7) is 7.47. The van der Waals surface area contributed by atoms with Gasteiger partial charge in [0.15, 0.2) is 0 Å². The largest absolute Gasteiger partial charge is 0.462 e. The summed E-state index contributed by atoms with van der Waals surface area (Å²) in [6, 6.07) is 6.10. The van der Waals surface area contributed by atoms with Crippen molar-refractivity contribution in [3.05, 3.63) is 65.0 Å². The Balaban J connectivity index is 1.98. The molecule has 0 amide bonds. The minimum Gasteiger partial charge on any atom is -0.462 e. The minimum atomic E-state index is -0.348. The van der Waals surface area contributed by atoms with Gasteiger partial charge in [0.25, 0.3) is 0 Å². The first-order valence-electron chi connectivity index (χ1n) is 9.37. The molecule has 7 nitrogen and oxygen atoms in total. The highest BCUT2D eigenvalue weighted by Gasteiger charge is 2.22. The normalized spacial score (nSPS) is 11.2. The smallest absolute Gasteiger partial charge is 0.341 e. The predicted octanol–water partition coefficient (Wildman–Crippen LogP) is 3.03. The number of imidazole rings is 1. The molecule has 7 heteroatoms. The van der Waals surface area contributed by atoms with Gasteiger partial charge in [-0.15, -0.1) is 0 Å².